The molecule has 4 rings (SSSR count). The van der Waals surface area contributed by atoms with Gasteiger partial charge in [-0.15, -0.1) is 0 Å². The Hall–Kier alpha value is -1.72. The first kappa shape index (κ1) is 17.7. The van der Waals surface area contributed by atoms with Gasteiger partial charge in [0.15, 0.2) is 0 Å². The van der Waals surface area contributed by atoms with Crippen LogP contribution in [-0.4, -0.2) is 21.1 Å². The number of hydrogen-bond acceptors (Lipinski definition) is 1. The molecule has 0 aliphatic carbocycles. The van der Waals surface area contributed by atoms with Crippen LogP contribution in [0.25, 0.3) is 22.0 Å². The van der Waals surface area contributed by atoms with Crippen molar-refractivity contribution < 1.29 is 0 Å². The number of fused-ring (bicyclic) bond motifs is 3. The average molecular weight is 376 g/mol. The molecule has 3 heteroatoms. The minimum atomic E-state index is -1.40. The summed E-state index contributed by atoms with van der Waals surface area (Å²) in [5.74, 6) is 0. The van der Waals surface area contributed by atoms with E-state index in [1.807, 2.05) is 6.20 Å². The van der Waals surface area contributed by atoms with Crippen LogP contribution in [0.3, 0.4) is 0 Å². The summed E-state index contributed by atoms with van der Waals surface area (Å²) in [6, 6.07) is 16.8. The summed E-state index contributed by atoms with van der Waals surface area (Å²) in [5.41, 5.74) is 5.01. The summed E-state index contributed by atoms with van der Waals surface area (Å²) in [5, 5.41) is 6.25. The molecule has 0 amide bonds. The number of nitrogens with zero attached hydrogens (tertiary/aromatic N) is 1. The highest BCUT2D eigenvalue weighted by Crippen LogP contribution is 2.32. The van der Waals surface area contributed by atoms with Crippen LogP contribution in [0.1, 0.15) is 11.1 Å². The van der Waals surface area contributed by atoms with Crippen LogP contribution in [0.2, 0.25) is 38.3 Å². The number of hydrogen-bond donors (Lipinski definition) is 0. The molecule has 0 saturated carbocycles. The van der Waals surface area contributed by atoms with Gasteiger partial charge in [0.2, 0.25) is 0 Å². The maximum atomic E-state index is 4.82. The van der Waals surface area contributed by atoms with Crippen molar-refractivity contribution in [3.63, 3.8) is 0 Å². The number of aryl methyl sites for hydroxylation is 2. The van der Waals surface area contributed by atoms with Gasteiger partial charge in [0.25, 0.3) is 0 Å². The first-order valence-corrected chi connectivity index (χ1v) is 16.1. The van der Waals surface area contributed by atoms with E-state index in [4.69, 9.17) is 4.98 Å². The number of pyridine rings is 1. The molecule has 134 valence electrons. The molecular weight excluding hydrogens is 346 g/mol. The van der Waals surface area contributed by atoms with Gasteiger partial charge in [-0.3, -0.25) is 4.98 Å². The van der Waals surface area contributed by atoms with E-state index in [1.54, 1.807) is 10.4 Å². The molecule has 3 aromatic rings. The molecule has 0 saturated heterocycles. The Balaban J connectivity index is 2.06. The van der Waals surface area contributed by atoms with Crippen molar-refractivity contribution in [3.8, 4) is 11.3 Å². The monoisotopic (exact) mass is 375 g/mol. The largest absolute Gasteiger partial charge is 0.256 e. The van der Waals surface area contributed by atoms with Crippen LogP contribution < -0.4 is 10.4 Å². The first-order valence-electron chi connectivity index (χ1n) is 9.70. The van der Waals surface area contributed by atoms with Crippen LogP contribution in [0.15, 0.2) is 42.6 Å². The summed E-state index contributed by atoms with van der Waals surface area (Å²) >= 11 is 0. The molecule has 1 aliphatic heterocycles. The molecule has 0 atom stereocenters. The smallest absolute Gasteiger partial charge is 0.0810 e. The van der Waals surface area contributed by atoms with E-state index >= 15 is 0 Å². The summed E-state index contributed by atoms with van der Waals surface area (Å²) in [6.45, 7) is 14.6. The van der Waals surface area contributed by atoms with E-state index in [0.29, 0.717) is 0 Å². The van der Waals surface area contributed by atoms with Gasteiger partial charge in [-0.1, -0.05) is 78.0 Å². The van der Waals surface area contributed by atoms with Gasteiger partial charge in [0.05, 0.1) is 21.8 Å². The van der Waals surface area contributed by atoms with Crippen molar-refractivity contribution in [2.75, 3.05) is 0 Å². The molecule has 1 aliphatic rings. The minimum absolute atomic E-state index is 1.15. The Morgan fingerprint density at radius 2 is 1.42 bits per heavy atom. The van der Waals surface area contributed by atoms with Crippen LogP contribution in [0.5, 0.6) is 0 Å². The SMILES string of the molecule is Cc1cc(C)cc(-c2nccc3c4c(ccc23)[Si](C)(C)CC[Si]4(C)C)c1. The zero-order valence-corrected chi connectivity index (χ0v) is 18.9. The molecule has 0 radical (unpaired) electrons. The topological polar surface area (TPSA) is 12.9 Å². The molecule has 0 bridgehead atoms. The van der Waals surface area contributed by atoms with Gasteiger partial charge in [-0.2, -0.15) is 0 Å². The van der Waals surface area contributed by atoms with Gasteiger partial charge in [-0.25, -0.2) is 0 Å². The lowest BCUT2D eigenvalue weighted by atomic mass is 10.0. The van der Waals surface area contributed by atoms with Gasteiger partial charge in [-0.05, 0) is 37.4 Å². The molecule has 0 N–H and O–H groups in total. The van der Waals surface area contributed by atoms with Crippen LogP contribution in [-0.2, 0) is 0 Å². The lowest BCUT2D eigenvalue weighted by Crippen LogP contribution is -2.63. The van der Waals surface area contributed by atoms with Crippen molar-refractivity contribution in [3.05, 3.63) is 53.7 Å². The third-order valence-electron chi connectivity index (χ3n) is 6.22. The molecule has 1 aromatic heterocycles. The quantitative estimate of drug-likeness (QED) is 0.522. The summed E-state index contributed by atoms with van der Waals surface area (Å²) in [6.07, 6.45) is 2.03. The van der Waals surface area contributed by atoms with Crippen LogP contribution >= 0.6 is 0 Å². The predicted octanol–water partition coefficient (Wildman–Crippen LogP) is 5.36. The zero-order chi connectivity index (χ0) is 18.7. The Labute approximate surface area is 159 Å². The number of rotatable bonds is 1. The van der Waals surface area contributed by atoms with E-state index in [9.17, 15) is 0 Å². The predicted molar refractivity (Wildman–Crippen MR) is 120 cm³/mol. The average Bonchev–Trinajstić information content (AvgIpc) is 2.57. The van der Waals surface area contributed by atoms with E-state index in [0.717, 1.165) is 5.69 Å². The number of benzene rings is 2. The second kappa shape index (κ2) is 5.90. The highest BCUT2D eigenvalue weighted by molar-refractivity contribution is 7.04. The third kappa shape index (κ3) is 2.78. The molecule has 0 unspecified atom stereocenters. The summed E-state index contributed by atoms with van der Waals surface area (Å²) < 4.78 is 0. The molecule has 0 fully saturated rings. The summed E-state index contributed by atoms with van der Waals surface area (Å²) in [7, 11) is -2.72. The van der Waals surface area contributed by atoms with Crippen molar-refractivity contribution in [2.45, 2.75) is 52.1 Å². The lowest BCUT2D eigenvalue weighted by Gasteiger charge is -2.40. The Bertz CT molecular complexity index is 998. The highest BCUT2D eigenvalue weighted by Gasteiger charge is 2.40. The van der Waals surface area contributed by atoms with Gasteiger partial charge < -0.3 is 0 Å². The molecule has 0 spiro atoms. The second-order valence-corrected chi connectivity index (χ2v) is 19.0. The maximum Gasteiger partial charge on any atom is 0.0810 e. The normalized spacial score (nSPS) is 17.9. The second-order valence-electron chi connectivity index (χ2n) is 9.39. The Morgan fingerprint density at radius 3 is 2.12 bits per heavy atom. The van der Waals surface area contributed by atoms with E-state index in [-0.39, 0.29) is 0 Å². The Kier molecular flexibility index (Phi) is 4.01. The molecule has 1 nitrogen and oxygen atoms in total. The maximum absolute atomic E-state index is 4.82. The summed E-state index contributed by atoms with van der Waals surface area (Å²) in [4.78, 5) is 4.82. The highest BCUT2D eigenvalue weighted by atomic mass is 28.3. The molecule has 2 heterocycles. The number of aromatic nitrogens is 1. The van der Waals surface area contributed by atoms with Gasteiger partial charge in [0.1, 0.15) is 0 Å². The first-order chi connectivity index (χ1) is 12.2. The van der Waals surface area contributed by atoms with E-state index < -0.39 is 16.1 Å². The van der Waals surface area contributed by atoms with Crippen molar-refractivity contribution in [1.82, 2.24) is 4.98 Å². The van der Waals surface area contributed by atoms with Crippen molar-refractivity contribution >= 4 is 37.3 Å². The lowest BCUT2D eigenvalue weighted by molar-refractivity contribution is 1.28. The molecule has 2 aromatic carbocycles. The molecule has 26 heavy (non-hydrogen) atoms. The fourth-order valence-corrected chi connectivity index (χ4v) is 15.4. The fraction of sp³-hybridized carbons (Fsp3) is 0.348. The van der Waals surface area contributed by atoms with Crippen molar-refractivity contribution in [1.29, 1.82) is 0 Å². The van der Waals surface area contributed by atoms with Gasteiger partial charge >= 0.3 is 0 Å². The van der Waals surface area contributed by atoms with E-state index in [2.05, 4.69) is 76.4 Å². The fourth-order valence-electron chi connectivity index (χ4n) is 4.77. The zero-order valence-electron chi connectivity index (χ0n) is 16.9. The standard InChI is InChI=1S/C23H29NSi2/c1-16-13-17(2)15-18(14-16)22-19-7-8-21-23(20(19)9-10-24-22)26(5,6)12-11-25(21,3)4/h7-10,13-15H,11-12H2,1-6H3. The van der Waals surface area contributed by atoms with Crippen LogP contribution in [0.4, 0.5) is 0 Å². The van der Waals surface area contributed by atoms with Gasteiger partial charge in [0, 0.05) is 17.1 Å². The van der Waals surface area contributed by atoms with Crippen LogP contribution in [0, 0.1) is 13.8 Å². The third-order valence-corrected chi connectivity index (χ3v) is 13.7. The Morgan fingerprint density at radius 1 is 0.769 bits per heavy atom. The minimum Gasteiger partial charge on any atom is -0.256 e. The van der Waals surface area contributed by atoms with E-state index in [1.165, 1.54) is 39.6 Å². The molecular formula is C23H29NSi2. The van der Waals surface area contributed by atoms with Crippen molar-refractivity contribution in [2.24, 2.45) is 0 Å².